The molecule has 0 saturated heterocycles. The average molecular weight is 393 g/mol. The summed E-state index contributed by atoms with van der Waals surface area (Å²) in [7, 11) is 1.82. The molecule has 3 aromatic carbocycles. The van der Waals surface area contributed by atoms with Crippen LogP contribution < -0.4 is 4.90 Å². The highest BCUT2D eigenvalue weighted by Crippen LogP contribution is 2.34. The summed E-state index contributed by atoms with van der Waals surface area (Å²) in [6.45, 7) is 0.493. The van der Waals surface area contributed by atoms with Crippen molar-refractivity contribution in [2.45, 2.75) is 6.54 Å². The first kappa shape index (κ1) is 19.2. The maximum Gasteiger partial charge on any atom is 0.282 e. The molecule has 5 nitrogen and oxygen atoms in total. The van der Waals surface area contributed by atoms with Crippen LogP contribution in [-0.4, -0.2) is 23.8 Å². The zero-order chi connectivity index (χ0) is 21.1. The van der Waals surface area contributed by atoms with Gasteiger partial charge in [-0.15, -0.1) is 0 Å². The van der Waals surface area contributed by atoms with Gasteiger partial charge < -0.3 is 4.90 Å². The van der Waals surface area contributed by atoms with Gasteiger partial charge in [0.05, 0.1) is 22.9 Å². The van der Waals surface area contributed by atoms with Crippen molar-refractivity contribution in [2.24, 2.45) is 0 Å². The second-order valence-corrected chi connectivity index (χ2v) is 7.04. The smallest absolute Gasteiger partial charge is 0.282 e. The largest absolute Gasteiger partial charge is 0.365 e. The van der Waals surface area contributed by atoms with Crippen LogP contribution >= 0.6 is 0 Å². The number of imide groups is 1. The van der Waals surface area contributed by atoms with Gasteiger partial charge in [-0.25, -0.2) is 4.90 Å². The lowest BCUT2D eigenvalue weighted by molar-refractivity contribution is -0.120. The molecule has 0 aromatic heterocycles. The maximum atomic E-state index is 13.4. The fourth-order valence-electron chi connectivity index (χ4n) is 3.59. The van der Waals surface area contributed by atoms with Gasteiger partial charge in [0, 0.05) is 13.6 Å². The number of rotatable bonds is 5. The molecule has 0 radical (unpaired) electrons. The van der Waals surface area contributed by atoms with Crippen molar-refractivity contribution in [3.05, 3.63) is 107 Å². The lowest BCUT2D eigenvalue weighted by Gasteiger charge is -2.21. The molecular weight excluding hydrogens is 374 g/mol. The number of benzene rings is 3. The highest BCUT2D eigenvalue weighted by Gasteiger charge is 2.41. The first-order valence-corrected chi connectivity index (χ1v) is 9.54. The molecule has 0 aliphatic carbocycles. The monoisotopic (exact) mass is 393 g/mol. The minimum absolute atomic E-state index is 0.361. The maximum absolute atomic E-state index is 13.4. The number of hydrogen-bond acceptors (Lipinski definition) is 4. The number of nitriles is 1. The first-order valence-electron chi connectivity index (χ1n) is 9.54. The molecule has 0 N–H and O–H groups in total. The van der Waals surface area contributed by atoms with E-state index in [1.54, 1.807) is 24.3 Å². The van der Waals surface area contributed by atoms with Crippen molar-refractivity contribution in [3.8, 4) is 6.07 Å². The van der Waals surface area contributed by atoms with Crippen LogP contribution in [0, 0.1) is 11.3 Å². The highest BCUT2D eigenvalue weighted by atomic mass is 16.2. The van der Waals surface area contributed by atoms with E-state index in [4.69, 9.17) is 5.26 Å². The van der Waals surface area contributed by atoms with Gasteiger partial charge in [-0.1, -0.05) is 60.7 Å². The van der Waals surface area contributed by atoms with Gasteiger partial charge in [0.1, 0.15) is 5.70 Å². The van der Waals surface area contributed by atoms with E-state index < -0.39 is 0 Å². The number of carbonyl (C=O) groups excluding carboxylic acids is 2. The summed E-state index contributed by atoms with van der Waals surface area (Å²) >= 11 is 0. The molecule has 0 fully saturated rings. The van der Waals surface area contributed by atoms with E-state index in [2.05, 4.69) is 0 Å². The van der Waals surface area contributed by atoms with Gasteiger partial charge in [0.15, 0.2) is 0 Å². The quantitative estimate of drug-likeness (QED) is 0.615. The first-order chi connectivity index (χ1) is 14.6. The van der Waals surface area contributed by atoms with Crippen molar-refractivity contribution >= 4 is 23.1 Å². The van der Waals surface area contributed by atoms with Crippen LogP contribution in [0.1, 0.15) is 16.7 Å². The molecule has 1 heterocycles. The molecule has 1 aliphatic heterocycles. The molecule has 5 heteroatoms. The summed E-state index contributed by atoms with van der Waals surface area (Å²) in [6, 6.07) is 27.5. The van der Waals surface area contributed by atoms with Crippen molar-refractivity contribution in [1.82, 2.24) is 4.90 Å². The Labute approximate surface area is 175 Å². The number of carbonyl (C=O) groups is 2. The number of nitrogens with zero attached hydrogens (tertiary/aromatic N) is 3. The van der Waals surface area contributed by atoms with Gasteiger partial charge in [-0.3, -0.25) is 9.59 Å². The third-order valence-electron chi connectivity index (χ3n) is 5.02. The Morgan fingerprint density at radius 3 is 2.03 bits per heavy atom. The minimum Gasteiger partial charge on any atom is -0.365 e. The number of likely N-dealkylation sites (N-methyl/N-ethyl adjacent to an activating group) is 1. The van der Waals surface area contributed by atoms with E-state index >= 15 is 0 Å². The summed E-state index contributed by atoms with van der Waals surface area (Å²) in [5.41, 5.74) is 3.39. The van der Waals surface area contributed by atoms with Crippen LogP contribution in [0.2, 0.25) is 0 Å². The topological polar surface area (TPSA) is 64.4 Å². The fourth-order valence-corrected chi connectivity index (χ4v) is 3.59. The molecule has 146 valence electrons. The van der Waals surface area contributed by atoms with Crippen LogP contribution in [0.25, 0.3) is 5.57 Å². The average Bonchev–Trinajstić information content (AvgIpc) is 3.05. The van der Waals surface area contributed by atoms with Crippen molar-refractivity contribution in [3.63, 3.8) is 0 Å². The van der Waals surface area contributed by atoms with Gasteiger partial charge in [-0.05, 0) is 35.4 Å². The lowest BCUT2D eigenvalue weighted by atomic mass is 10.0. The van der Waals surface area contributed by atoms with E-state index in [0.717, 1.165) is 5.56 Å². The second kappa shape index (κ2) is 8.06. The van der Waals surface area contributed by atoms with Gasteiger partial charge >= 0.3 is 0 Å². The van der Waals surface area contributed by atoms with Gasteiger partial charge in [0.25, 0.3) is 11.8 Å². The van der Waals surface area contributed by atoms with E-state index in [1.165, 1.54) is 4.90 Å². The molecule has 0 atom stereocenters. The summed E-state index contributed by atoms with van der Waals surface area (Å²) in [4.78, 5) is 29.8. The Kier molecular flexibility index (Phi) is 5.15. The van der Waals surface area contributed by atoms with Crippen LogP contribution in [0.5, 0.6) is 0 Å². The number of amides is 2. The molecule has 0 spiro atoms. The number of hydrogen-bond donors (Lipinski definition) is 0. The van der Waals surface area contributed by atoms with Crippen LogP contribution in [0.4, 0.5) is 5.69 Å². The van der Waals surface area contributed by atoms with E-state index in [0.29, 0.717) is 34.6 Å². The second-order valence-electron chi connectivity index (χ2n) is 7.04. The predicted octanol–water partition coefficient (Wildman–Crippen LogP) is 3.97. The third-order valence-corrected chi connectivity index (χ3v) is 5.02. The minimum atomic E-state index is -0.373. The summed E-state index contributed by atoms with van der Waals surface area (Å²) in [6.07, 6.45) is 0. The Morgan fingerprint density at radius 1 is 0.833 bits per heavy atom. The van der Waals surface area contributed by atoms with Crippen molar-refractivity contribution in [2.75, 3.05) is 11.9 Å². The van der Waals surface area contributed by atoms with E-state index in [1.807, 2.05) is 78.7 Å². The molecular formula is C25H19N3O2. The molecule has 3 aromatic rings. The normalized spacial score (nSPS) is 13.5. The molecule has 2 amide bonds. The predicted molar refractivity (Wildman–Crippen MR) is 115 cm³/mol. The third kappa shape index (κ3) is 3.47. The molecule has 4 rings (SSSR count). The summed E-state index contributed by atoms with van der Waals surface area (Å²) in [5, 5.41) is 9.03. The van der Waals surface area contributed by atoms with Gasteiger partial charge in [0.2, 0.25) is 0 Å². The van der Waals surface area contributed by atoms with E-state index in [-0.39, 0.29) is 11.8 Å². The molecule has 0 bridgehead atoms. The Balaban J connectivity index is 1.77. The van der Waals surface area contributed by atoms with Gasteiger partial charge in [-0.2, -0.15) is 5.26 Å². The van der Waals surface area contributed by atoms with Crippen molar-refractivity contribution < 1.29 is 9.59 Å². The van der Waals surface area contributed by atoms with Crippen LogP contribution in [0.3, 0.4) is 0 Å². The summed E-state index contributed by atoms with van der Waals surface area (Å²) in [5.74, 6) is -0.743. The zero-order valence-electron chi connectivity index (χ0n) is 16.4. The molecule has 0 saturated carbocycles. The Hall–Kier alpha value is -4.17. The SMILES string of the molecule is CN(Cc1ccccc1)C1=C(c2ccccc2)C(=O)N(c2ccc(C#N)cc2)C1=O. The molecule has 0 unspecified atom stereocenters. The van der Waals surface area contributed by atoms with Crippen LogP contribution in [-0.2, 0) is 16.1 Å². The van der Waals surface area contributed by atoms with Crippen LogP contribution in [0.15, 0.2) is 90.6 Å². The summed E-state index contributed by atoms with van der Waals surface area (Å²) < 4.78 is 0. The Morgan fingerprint density at radius 2 is 1.43 bits per heavy atom. The molecule has 30 heavy (non-hydrogen) atoms. The highest BCUT2D eigenvalue weighted by molar-refractivity contribution is 6.45. The molecule has 1 aliphatic rings. The number of anilines is 1. The fraction of sp³-hybridized carbons (Fsp3) is 0.0800. The zero-order valence-corrected chi connectivity index (χ0v) is 16.4. The van der Waals surface area contributed by atoms with E-state index in [9.17, 15) is 9.59 Å². The lowest BCUT2D eigenvalue weighted by Crippen LogP contribution is -2.34. The Bertz CT molecular complexity index is 1160. The standard InChI is InChI=1S/C25H19N3O2/c1-27(17-19-8-4-2-5-9-19)23-22(20-10-6-3-7-11-20)24(29)28(25(23)30)21-14-12-18(16-26)13-15-21/h2-15H,17H2,1H3. The van der Waals surface area contributed by atoms with Crippen molar-refractivity contribution in [1.29, 1.82) is 5.26 Å².